The average Bonchev–Trinajstić information content (AvgIpc) is 2.73. The summed E-state index contributed by atoms with van der Waals surface area (Å²) in [4.78, 5) is 27.3. The second-order valence-corrected chi connectivity index (χ2v) is 9.33. The predicted molar refractivity (Wildman–Crippen MR) is 112 cm³/mol. The SMILES string of the molecule is CS(=O)c1ccc(S(=O)CC(=O)N2CCN(c3ccccc3)CC2)c([N+](=O)[O-])c1. The number of hydrogen-bond donors (Lipinski definition) is 0. The maximum atomic E-state index is 12.7. The number of benzene rings is 2. The van der Waals surface area contributed by atoms with Crippen LogP contribution in [0.15, 0.2) is 58.3 Å². The molecule has 2 atom stereocenters. The second-order valence-electron chi connectivity index (χ2n) is 6.53. The molecule has 8 nitrogen and oxygen atoms in total. The Bertz CT molecular complexity index is 960. The van der Waals surface area contributed by atoms with Crippen molar-refractivity contribution in [3.63, 3.8) is 0 Å². The van der Waals surface area contributed by atoms with Gasteiger partial charge >= 0.3 is 0 Å². The van der Waals surface area contributed by atoms with Crippen LogP contribution < -0.4 is 4.90 Å². The Morgan fingerprint density at radius 1 is 1.07 bits per heavy atom. The molecule has 1 fully saturated rings. The van der Waals surface area contributed by atoms with Gasteiger partial charge in [-0.2, -0.15) is 0 Å². The van der Waals surface area contributed by atoms with Gasteiger partial charge in [0.25, 0.3) is 5.69 Å². The lowest BCUT2D eigenvalue weighted by atomic mass is 10.2. The Morgan fingerprint density at radius 3 is 2.31 bits per heavy atom. The van der Waals surface area contributed by atoms with Crippen LogP contribution in [0.1, 0.15) is 0 Å². The molecule has 0 radical (unpaired) electrons. The number of anilines is 1. The van der Waals surface area contributed by atoms with E-state index in [1.807, 2.05) is 30.3 Å². The van der Waals surface area contributed by atoms with Crippen LogP contribution in [0, 0.1) is 10.1 Å². The molecule has 1 heterocycles. The molecule has 29 heavy (non-hydrogen) atoms. The molecule has 3 rings (SSSR count). The number of rotatable bonds is 6. The summed E-state index contributed by atoms with van der Waals surface area (Å²) in [5.74, 6) is -0.616. The summed E-state index contributed by atoms with van der Waals surface area (Å²) in [6.07, 6.45) is 1.41. The molecule has 0 bridgehead atoms. The third kappa shape index (κ3) is 5.07. The number of nitro groups is 1. The molecule has 1 aliphatic heterocycles. The lowest BCUT2D eigenvalue weighted by Gasteiger charge is -2.36. The molecule has 0 saturated carbocycles. The number of hydrogen-bond acceptors (Lipinski definition) is 6. The van der Waals surface area contributed by atoms with Gasteiger partial charge in [0.1, 0.15) is 10.6 Å². The van der Waals surface area contributed by atoms with E-state index >= 15 is 0 Å². The minimum atomic E-state index is -1.86. The molecule has 0 N–H and O–H groups in total. The van der Waals surface area contributed by atoms with E-state index in [0.717, 1.165) is 11.8 Å². The fourth-order valence-electron chi connectivity index (χ4n) is 3.15. The van der Waals surface area contributed by atoms with Crippen molar-refractivity contribution in [1.82, 2.24) is 4.90 Å². The van der Waals surface area contributed by atoms with Crippen LogP contribution in [0.2, 0.25) is 0 Å². The van der Waals surface area contributed by atoms with Gasteiger partial charge in [-0.1, -0.05) is 18.2 Å². The Labute approximate surface area is 173 Å². The highest BCUT2D eigenvalue weighted by Gasteiger charge is 2.26. The Morgan fingerprint density at radius 2 is 1.72 bits per heavy atom. The van der Waals surface area contributed by atoms with Crippen LogP contribution in [0.4, 0.5) is 11.4 Å². The maximum absolute atomic E-state index is 12.7. The molecule has 2 aromatic rings. The van der Waals surface area contributed by atoms with E-state index in [4.69, 9.17) is 0 Å². The average molecular weight is 436 g/mol. The van der Waals surface area contributed by atoms with Crippen LogP contribution in [0.3, 0.4) is 0 Å². The maximum Gasteiger partial charge on any atom is 0.286 e. The first kappa shape index (κ1) is 21.1. The van der Waals surface area contributed by atoms with Gasteiger partial charge in [0.2, 0.25) is 5.91 Å². The van der Waals surface area contributed by atoms with Crippen LogP contribution >= 0.6 is 0 Å². The van der Waals surface area contributed by atoms with Crippen molar-refractivity contribution in [1.29, 1.82) is 0 Å². The molecule has 0 spiro atoms. The monoisotopic (exact) mass is 435 g/mol. The highest BCUT2D eigenvalue weighted by atomic mass is 32.2. The van der Waals surface area contributed by atoms with Crippen molar-refractivity contribution in [2.75, 3.05) is 43.1 Å². The van der Waals surface area contributed by atoms with Gasteiger partial charge in [0, 0.05) is 49.1 Å². The summed E-state index contributed by atoms with van der Waals surface area (Å²) in [7, 11) is -3.25. The van der Waals surface area contributed by atoms with Crippen molar-refractivity contribution >= 4 is 38.9 Å². The van der Waals surface area contributed by atoms with Gasteiger partial charge in [-0.3, -0.25) is 23.3 Å². The van der Waals surface area contributed by atoms with Crippen LogP contribution in [-0.4, -0.2) is 62.3 Å². The van der Waals surface area contributed by atoms with Crippen molar-refractivity contribution in [3.8, 4) is 0 Å². The molecule has 1 amide bonds. The number of nitro benzene ring substituents is 1. The van der Waals surface area contributed by atoms with Crippen molar-refractivity contribution in [2.45, 2.75) is 9.79 Å². The predicted octanol–water partition coefficient (Wildman–Crippen LogP) is 1.79. The lowest BCUT2D eigenvalue weighted by Crippen LogP contribution is -2.49. The molecule has 154 valence electrons. The third-order valence-corrected chi connectivity index (χ3v) is 6.98. The summed E-state index contributed by atoms with van der Waals surface area (Å²) in [6, 6.07) is 13.8. The van der Waals surface area contributed by atoms with Gasteiger partial charge in [0.05, 0.1) is 26.5 Å². The molecule has 0 aromatic heterocycles. The zero-order valence-corrected chi connectivity index (χ0v) is 17.5. The highest BCUT2D eigenvalue weighted by molar-refractivity contribution is 7.86. The van der Waals surface area contributed by atoms with Gasteiger partial charge in [-0.15, -0.1) is 0 Å². The summed E-state index contributed by atoms with van der Waals surface area (Å²) < 4.78 is 24.2. The fourth-order valence-corrected chi connectivity index (χ4v) is 4.83. The van der Waals surface area contributed by atoms with Crippen LogP contribution in [0.25, 0.3) is 0 Å². The number of amides is 1. The van der Waals surface area contributed by atoms with E-state index in [9.17, 15) is 23.3 Å². The smallest absolute Gasteiger partial charge is 0.286 e. The quantitative estimate of drug-likeness (QED) is 0.507. The van der Waals surface area contributed by atoms with E-state index in [-0.39, 0.29) is 27.1 Å². The van der Waals surface area contributed by atoms with E-state index < -0.39 is 26.5 Å². The Kier molecular flexibility index (Phi) is 6.75. The minimum absolute atomic E-state index is 0.0273. The van der Waals surface area contributed by atoms with Crippen molar-refractivity contribution < 1.29 is 18.1 Å². The number of piperazine rings is 1. The minimum Gasteiger partial charge on any atom is -0.368 e. The largest absolute Gasteiger partial charge is 0.368 e. The summed E-state index contributed by atoms with van der Waals surface area (Å²) >= 11 is 0. The fraction of sp³-hybridized carbons (Fsp3) is 0.316. The third-order valence-electron chi connectivity index (χ3n) is 4.71. The lowest BCUT2D eigenvalue weighted by molar-refractivity contribution is -0.388. The topological polar surface area (TPSA) is 101 Å². The standard InChI is InChI=1S/C19H21N3O5S2/c1-28(26)16-7-8-18(17(13-16)22(24)25)29(27)14-19(23)21-11-9-20(10-12-21)15-5-3-2-4-6-15/h2-8,13H,9-12,14H2,1H3. The summed E-state index contributed by atoms with van der Waals surface area (Å²) in [5, 5.41) is 11.3. The first-order valence-electron chi connectivity index (χ1n) is 8.95. The van der Waals surface area contributed by atoms with Gasteiger partial charge in [0.15, 0.2) is 0 Å². The number of para-hydroxylation sites is 1. The molecule has 10 heteroatoms. The molecule has 2 aromatic carbocycles. The normalized spacial score (nSPS) is 16.3. The number of carbonyl (C=O) groups excluding carboxylic acids is 1. The van der Waals surface area contributed by atoms with Crippen LogP contribution in [0.5, 0.6) is 0 Å². The van der Waals surface area contributed by atoms with Crippen LogP contribution in [-0.2, 0) is 26.4 Å². The van der Waals surface area contributed by atoms with E-state index in [1.54, 1.807) is 4.90 Å². The van der Waals surface area contributed by atoms with Gasteiger partial charge in [-0.25, -0.2) is 0 Å². The first-order valence-corrected chi connectivity index (χ1v) is 11.8. The van der Waals surface area contributed by atoms with Gasteiger partial charge < -0.3 is 9.80 Å². The van der Waals surface area contributed by atoms with E-state index in [1.165, 1.54) is 18.4 Å². The number of nitrogens with zero attached hydrogens (tertiary/aromatic N) is 3. The zero-order chi connectivity index (χ0) is 21.0. The highest BCUT2D eigenvalue weighted by Crippen LogP contribution is 2.25. The second kappa shape index (κ2) is 9.27. The Balaban J connectivity index is 1.65. The van der Waals surface area contributed by atoms with Gasteiger partial charge in [-0.05, 0) is 24.3 Å². The van der Waals surface area contributed by atoms with E-state index in [0.29, 0.717) is 26.2 Å². The Hall–Kier alpha value is -2.59. The molecule has 1 aliphatic rings. The molecule has 1 saturated heterocycles. The zero-order valence-electron chi connectivity index (χ0n) is 15.9. The first-order chi connectivity index (χ1) is 13.9. The summed E-state index contributed by atoms with van der Waals surface area (Å²) in [5.41, 5.74) is 0.713. The molecular formula is C19H21N3O5S2. The molecule has 0 aliphatic carbocycles. The van der Waals surface area contributed by atoms with Crippen molar-refractivity contribution in [3.05, 3.63) is 58.6 Å². The summed E-state index contributed by atoms with van der Waals surface area (Å²) in [6.45, 7) is 2.33. The number of carbonyl (C=O) groups is 1. The molecule has 2 unspecified atom stereocenters. The molecular weight excluding hydrogens is 414 g/mol. The van der Waals surface area contributed by atoms with Crippen molar-refractivity contribution in [2.24, 2.45) is 0 Å². The van der Waals surface area contributed by atoms with E-state index in [2.05, 4.69) is 4.90 Å².